The molecular formula is C18H19NO4. The van der Waals surface area contributed by atoms with Crippen LogP contribution in [0, 0.1) is 6.92 Å². The Labute approximate surface area is 133 Å². The Morgan fingerprint density at radius 3 is 2.87 bits per heavy atom. The summed E-state index contributed by atoms with van der Waals surface area (Å²) in [5, 5.41) is 3.76. The number of ether oxygens (including phenoxy) is 1. The zero-order chi connectivity index (χ0) is 16.0. The van der Waals surface area contributed by atoms with Gasteiger partial charge in [0, 0.05) is 11.6 Å². The fourth-order valence-corrected chi connectivity index (χ4v) is 3.26. The summed E-state index contributed by atoms with van der Waals surface area (Å²) in [5.74, 6) is 0.532. The first-order valence-corrected chi connectivity index (χ1v) is 8.13. The number of rotatable bonds is 4. The predicted octanol–water partition coefficient (Wildman–Crippen LogP) is 2.25. The summed E-state index contributed by atoms with van der Waals surface area (Å²) in [5.41, 5.74) is 3.03. The van der Waals surface area contributed by atoms with Gasteiger partial charge >= 0.3 is 5.63 Å². The van der Waals surface area contributed by atoms with E-state index in [1.54, 1.807) is 0 Å². The topological polar surface area (TPSA) is 68.5 Å². The second-order valence-electron chi connectivity index (χ2n) is 6.47. The average Bonchev–Trinajstić information content (AvgIpc) is 3.16. The van der Waals surface area contributed by atoms with Crippen molar-refractivity contribution in [2.45, 2.75) is 45.1 Å². The van der Waals surface area contributed by atoms with Gasteiger partial charge in [0.25, 0.3) is 5.91 Å². The molecule has 23 heavy (non-hydrogen) atoms. The van der Waals surface area contributed by atoms with Gasteiger partial charge in [0.05, 0.1) is 5.39 Å². The molecule has 120 valence electrons. The van der Waals surface area contributed by atoms with Gasteiger partial charge in [0.1, 0.15) is 11.3 Å². The highest BCUT2D eigenvalue weighted by Gasteiger charge is 2.25. The van der Waals surface area contributed by atoms with Crippen LogP contribution in [0.5, 0.6) is 5.75 Å². The largest absolute Gasteiger partial charge is 0.483 e. The van der Waals surface area contributed by atoms with Crippen molar-refractivity contribution in [3.05, 3.63) is 39.2 Å². The Kier molecular flexibility index (Phi) is 3.36. The molecule has 1 aromatic carbocycles. The molecule has 0 atom stereocenters. The molecule has 1 heterocycles. The van der Waals surface area contributed by atoms with Crippen LogP contribution in [-0.2, 0) is 17.6 Å². The van der Waals surface area contributed by atoms with E-state index in [4.69, 9.17) is 9.15 Å². The Balaban J connectivity index is 1.71. The lowest BCUT2D eigenvalue weighted by Crippen LogP contribution is -2.30. The number of benzene rings is 1. The maximum absolute atomic E-state index is 12.1. The van der Waals surface area contributed by atoms with Gasteiger partial charge in [-0.2, -0.15) is 0 Å². The Morgan fingerprint density at radius 1 is 1.30 bits per heavy atom. The standard InChI is InChI=1S/C18H19NO4/c1-10-7-14(22-9-16(20)19-11-5-6-11)17-12-3-2-4-13(12)18(21)23-15(17)8-10/h7-8,11H,2-6,9H2,1H3,(H,19,20). The zero-order valence-corrected chi connectivity index (χ0v) is 13.1. The quantitative estimate of drug-likeness (QED) is 0.879. The van der Waals surface area contributed by atoms with Gasteiger partial charge in [-0.1, -0.05) is 0 Å². The minimum absolute atomic E-state index is 0.0110. The molecule has 2 aromatic rings. The van der Waals surface area contributed by atoms with E-state index in [1.807, 2.05) is 19.1 Å². The Bertz CT molecular complexity index is 848. The van der Waals surface area contributed by atoms with Gasteiger partial charge < -0.3 is 14.5 Å². The summed E-state index contributed by atoms with van der Waals surface area (Å²) in [6.45, 7) is 1.91. The van der Waals surface area contributed by atoms with Crippen LogP contribution in [0.4, 0.5) is 0 Å². The number of carbonyl (C=O) groups is 1. The van der Waals surface area contributed by atoms with E-state index in [0.717, 1.165) is 54.2 Å². The molecular weight excluding hydrogens is 294 g/mol. The third-order valence-electron chi connectivity index (χ3n) is 4.48. The van der Waals surface area contributed by atoms with E-state index in [0.29, 0.717) is 17.4 Å². The second kappa shape index (κ2) is 5.41. The highest BCUT2D eigenvalue weighted by molar-refractivity contribution is 5.89. The smallest absolute Gasteiger partial charge is 0.339 e. The molecule has 1 N–H and O–H groups in total. The van der Waals surface area contributed by atoms with Crippen molar-refractivity contribution in [3.63, 3.8) is 0 Å². The molecule has 0 radical (unpaired) electrons. The summed E-state index contributed by atoms with van der Waals surface area (Å²) >= 11 is 0. The van der Waals surface area contributed by atoms with Crippen LogP contribution in [0.1, 0.15) is 36.0 Å². The van der Waals surface area contributed by atoms with Crippen LogP contribution in [0.25, 0.3) is 11.0 Å². The minimum atomic E-state index is -0.243. The SMILES string of the molecule is Cc1cc(OCC(=O)NC2CC2)c2c3c(c(=O)oc2c1)CCC3. The molecule has 0 bridgehead atoms. The normalized spacial score (nSPS) is 16.4. The van der Waals surface area contributed by atoms with Gasteiger partial charge in [-0.05, 0) is 62.3 Å². The fraction of sp³-hybridized carbons (Fsp3) is 0.444. The highest BCUT2D eigenvalue weighted by atomic mass is 16.5. The highest BCUT2D eigenvalue weighted by Crippen LogP contribution is 2.35. The van der Waals surface area contributed by atoms with Crippen LogP contribution >= 0.6 is 0 Å². The Morgan fingerprint density at radius 2 is 2.09 bits per heavy atom. The van der Waals surface area contributed by atoms with Gasteiger partial charge in [-0.15, -0.1) is 0 Å². The van der Waals surface area contributed by atoms with E-state index >= 15 is 0 Å². The minimum Gasteiger partial charge on any atom is -0.483 e. The maximum atomic E-state index is 12.1. The van der Waals surface area contributed by atoms with E-state index in [9.17, 15) is 9.59 Å². The molecule has 5 nitrogen and oxygen atoms in total. The molecule has 1 saturated carbocycles. The summed E-state index contributed by atoms with van der Waals surface area (Å²) < 4.78 is 11.3. The van der Waals surface area contributed by atoms with Gasteiger partial charge in [-0.25, -0.2) is 4.79 Å². The van der Waals surface area contributed by atoms with Crippen molar-refractivity contribution < 1.29 is 13.9 Å². The fourth-order valence-electron chi connectivity index (χ4n) is 3.26. The van der Waals surface area contributed by atoms with Crippen molar-refractivity contribution in [3.8, 4) is 5.75 Å². The third kappa shape index (κ3) is 2.71. The molecule has 5 heteroatoms. The number of fused-ring (bicyclic) bond motifs is 3. The molecule has 2 aliphatic rings. The van der Waals surface area contributed by atoms with Crippen LogP contribution in [-0.4, -0.2) is 18.6 Å². The zero-order valence-electron chi connectivity index (χ0n) is 13.1. The van der Waals surface area contributed by atoms with Crippen LogP contribution < -0.4 is 15.7 Å². The van der Waals surface area contributed by atoms with E-state index in [2.05, 4.69) is 5.32 Å². The lowest BCUT2D eigenvalue weighted by molar-refractivity contribution is -0.123. The summed E-state index contributed by atoms with van der Waals surface area (Å²) in [7, 11) is 0. The van der Waals surface area contributed by atoms with Crippen molar-refractivity contribution in [1.29, 1.82) is 0 Å². The molecule has 1 amide bonds. The second-order valence-corrected chi connectivity index (χ2v) is 6.47. The Hall–Kier alpha value is -2.30. The van der Waals surface area contributed by atoms with Crippen LogP contribution in [0.3, 0.4) is 0 Å². The van der Waals surface area contributed by atoms with Gasteiger partial charge in [0.15, 0.2) is 6.61 Å². The number of carbonyl (C=O) groups excluding carboxylic acids is 1. The monoisotopic (exact) mass is 313 g/mol. The van der Waals surface area contributed by atoms with Crippen LogP contribution in [0.15, 0.2) is 21.3 Å². The number of amides is 1. The molecule has 0 unspecified atom stereocenters. The predicted molar refractivity (Wildman–Crippen MR) is 85.9 cm³/mol. The van der Waals surface area contributed by atoms with E-state index < -0.39 is 0 Å². The van der Waals surface area contributed by atoms with Crippen molar-refractivity contribution in [2.75, 3.05) is 6.61 Å². The van der Waals surface area contributed by atoms with Crippen LogP contribution in [0.2, 0.25) is 0 Å². The average molecular weight is 313 g/mol. The molecule has 0 saturated heterocycles. The van der Waals surface area contributed by atoms with E-state index in [-0.39, 0.29) is 18.1 Å². The number of hydrogen-bond donors (Lipinski definition) is 1. The molecule has 1 aromatic heterocycles. The molecule has 2 aliphatic carbocycles. The first kappa shape index (κ1) is 14.3. The number of hydrogen-bond acceptors (Lipinski definition) is 4. The van der Waals surface area contributed by atoms with Crippen molar-refractivity contribution in [2.24, 2.45) is 0 Å². The van der Waals surface area contributed by atoms with E-state index in [1.165, 1.54) is 0 Å². The number of nitrogens with one attached hydrogen (secondary N) is 1. The summed E-state index contributed by atoms with van der Waals surface area (Å²) in [6, 6.07) is 4.08. The summed E-state index contributed by atoms with van der Waals surface area (Å²) in [6.07, 6.45) is 4.67. The first-order chi connectivity index (χ1) is 11.1. The van der Waals surface area contributed by atoms with Crippen molar-refractivity contribution >= 4 is 16.9 Å². The van der Waals surface area contributed by atoms with Gasteiger partial charge in [0.2, 0.25) is 0 Å². The molecule has 0 spiro atoms. The lowest BCUT2D eigenvalue weighted by Gasteiger charge is -2.13. The summed E-state index contributed by atoms with van der Waals surface area (Å²) in [4.78, 5) is 23.9. The molecule has 4 rings (SSSR count). The maximum Gasteiger partial charge on any atom is 0.339 e. The molecule has 0 aliphatic heterocycles. The molecule has 1 fully saturated rings. The van der Waals surface area contributed by atoms with Crippen molar-refractivity contribution in [1.82, 2.24) is 5.32 Å². The third-order valence-corrected chi connectivity index (χ3v) is 4.48. The number of aryl methyl sites for hydroxylation is 2. The first-order valence-electron chi connectivity index (χ1n) is 8.13. The van der Waals surface area contributed by atoms with Gasteiger partial charge in [-0.3, -0.25) is 4.79 Å². The lowest BCUT2D eigenvalue weighted by atomic mass is 10.0.